The number of aliphatic carboxylic acids is 1. The lowest BCUT2D eigenvalue weighted by molar-refractivity contribution is -0.143. The summed E-state index contributed by atoms with van der Waals surface area (Å²) < 4.78 is 0. The predicted octanol–water partition coefficient (Wildman–Crippen LogP) is 4.55. The molecule has 2 atom stereocenters. The molecule has 2 heteroatoms. The normalized spacial score (nSPS) is 21.7. The topological polar surface area (TPSA) is 37.3 Å². The minimum absolute atomic E-state index is 0.207. The number of hydrogen-bond acceptors (Lipinski definition) is 1. The van der Waals surface area contributed by atoms with Crippen LogP contribution in [0.4, 0.5) is 0 Å². The standard InChI is InChI=1S/C20H21O2/c21-20(22)18-13-7-12-17(14-18)19(15-8-3-1-4-9-15)16-10-5-2-6-11-16/h1-6,8-11,17-18H,7,12-14H2,(H,21,22). The molecule has 3 rings (SSSR count). The van der Waals surface area contributed by atoms with Crippen molar-refractivity contribution in [1.82, 2.24) is 0 Å². The molecule has 0 bridgehead atoms. The third-order valence-corrected chi connectivity index (χ3v) is 4.60. The Bertz CT molecular complexity index is 567. The SMILES string of the molecule is O=C(O)C1CCCC([C](c2ccccc2)c2ccccc2)C1. The zero-order chi connectivity index (χ0) is 15.4. The summed E-state index contributed by atoms with van der Waals surface area (Å²) in [4.78, 5) is 11.4. The molecular weight excluding hydrogens is 272 g/mol. The van der Waals surface area contributed by atoms with Crippen LogP contribution in [0.25, 0.3) is 0 Å². The van der Waals surface area contributed by atoms with Crippen LogP contribution in [-0.2, 0) is 4.79 Å². The number of benzene rings is 2. The van der Waals surface area contributed by atoms with Crippen LogP contribution in [0.1, 0.15) is 36.8 Å². The second-order valence-electron chi connectivity index (χ2n) is 6.04. The molecule has 2 aromatic rings. The minimum Gasteiger partial charge on any atom is -0.481 e. The van der Waals surface area contributed by atoms with E-state index in [0.717, 1.165) is 25.7 Å². The fourth-order valence-electron chi connectivity index (χ4n) is 3.55. The third-order valence-electron chi connectivity index (χ3n) is 4.60. The molecule has 0 spiro atoms. The van der Waals surface area contributed by atoms with Crippen molar-refractivity contribution in [2.75, 3.05) is 0 Å². The van der Waals surface area contributed by atoms with Crippen molar-refractivity contribution in [2.45, 2.75) is 25.7 Å². The van der Waals surface area contributed by atoms with Crippen molar-refractivity contribution in [3.63, 3.8) is 0 Å². The fourth-order valence-corrected chi connectivity index (χ4v) is 3.55. The van der Waals surface area contributed by atoms with Gasteiger partial charge < -0.3 is 5.11 Å². The summed E-state index contributed by atoms with van der Waals surface area (Å²) in [7, 11) is 0. The molecule has 2 nitrogen and oxygen atoms in total. The summed E-state index contributed by atoms with van der Waals surface area (Å²) in [6.07, 6.45) is 3.62. The number of carboxylic acid groups (broad SMARTS) is 1. The van der Waals surface area contributed by atoms with Gasteiger partial charge in [-0.05, 0) is 36.3 Å². The van der Waals surface area contributed by atoms with E-state index in [2.05, 4.69) is 48.5 Å². The van der Waals surface area contributed by atoms with E-state index in [9.17, 15) is 9.90 Å². The highest BCUT2D eigenvalue weighted by Crippen LogP contribution is 2.41. The molecular formula is C20H21O2. The van der Waals surface area contributed by atoms with E-state index in [4.69, 9.17) is 0 Å². The van der Waals surface area contributed by atoms with Crippen LogP contribution >= 0.6 is 0 Å². The largest absolute Gasteiger partial charge is 0.481 e. The second-order valence-corrected chi connectivity index (χ2v) is 6.04. The lowest BCUT2D eigenvalue weighted by Crippen LogP contribution is -2.27. The molecule has 0 aliphatic heterocycles. The Morgan fingerprint density at radius 1 is 0.818 bits per heavy atom. The fraction of sp³-hybridized carbons (Fsp3) is 0.300. The van der Waals surface area contributed by atoms with E-state index < -0.39 is 5.97 Å². The molecule has 2 unspecified atom stereocenters. The summed E-state index contributed by atoms with van der Waals surface area (Å²) >= 11 is 0. The predicted molar refractivity (Wildman–Crippen MR) is 87.4 cm³/mol. The van der Waals surface area contributed by atoms with E-state index >= 15 is 0 Å². The van der Waals surface area contributed by atoms with E-state index in [-0.39, 0.29) is 5.92 Å². The van der Waals surface area contributed by atoms with Crippen LogP contribution in [0.15, 0.2) is 60.7 Å². The van der Waals surface area contributed by atoms with Crippen LogP contribution in [0, 0.1) is 17.8 Å². The zero-order valence-electron chi connectivity index (χ0n) is 12.6. The van der Waals surface area contributed by atoms with Crippen molar-refractivity contribution in [3.05, 3.63) is 77.7 Å². The minimum atomic E-state index is -0.648. The van der Waals surface area contributed by atoms with Crippen LogP contribution in [0.5, 0.6) is 0 Å². The van der Waals surface area contributed by atoms with Crippen LogP contribution in [0.3, 0.4) is 0 Å². The van der Waals surface area contributed by atoms with E-state index in [1.807, 2.05) is 12.1 Å². The Labute approximate surface area is 131 Å². The zero-order valence-corrected chi connectivity index (χ0v) is 12.6. The van der Waals surface area contributed by atoms with Gasteiger partial charge in [-0.25, -0.2) is 0 Å². The number of hydrogen-bond donors (Lipinski definition) is 1. The monoisotopic (exact) mass is 293 g/mol. The van der Waals surface area contributed by atoms with Gasteiger partial charge in [0.2, 0.25) is 0 Å². The Morgan fingerprint density at radius 2 is 1.32 bits per heavy atom. The van der Waals surface area contributed by atoms with Gasteiger partial charge in [0.1, 0.15) is 0 Å². The molecule has 113 valence electrons. The molecule has 1 aliphatic rings. The van der Waals surface area contributed by atoms with Crippen LogP contribution in [0.2, 0.25) is 0 Å². The van der Waals surface area contributed by atoms with Crippen molar-refractivity contribution in [1.29, 1.82) is 0 Å². The average Bonchev–Trinajstić information content (AvgIpc) is 2.57. The van der Waals surface area contributed by atoms with Gasteiger partial charge in [0.15, 0.2) is 0 Å². The van der Waals surface area contributed by atoms with Gasteiger partial charge in [0, 0.05) is 5.92 Å². The Balaban J connectivity index is 1.94. The Morgan fingerprint density at radius 3 is 1.82 bits per heavy atom. The quantitative estimate of drug-likeness (QED) is 0.898. The summed E-state index contributed by atoms with van der Waals surface area (Å²) in [6.45, 7) is 0. The van der Waals surface area contributed by atoms with Crippen molar-refractivity contribution in [3.8, 4) is 0 Å². The molecule has 1 saturated carbocycles. The summed E-state index contributed by atoms with van der Waals surface area (Å²) in [5.74, 6) is 0.762. The van der Waals surface area contributed by atoms with Gasteiger partial charge in [-0.2, -0.15) is 0 Å². The number of carbonyl (C=O) groups is 1. The first-order valence-corrected chi connectivity index (χ1v) is 7.96. The Hall–Kier alpha value is -2.09. The maximum atomic E-state index is 11.4. The lowest BCUT2D eigenvalue weighted by Gasteiger charge is -2.33. The molecule has 0 amide bonds. The van der Waals surface area contributed by atoms with Gasteiger partial charge in [-0.15, -0.1) is 0 Å². The summed E-state index contributed by atoms with van der Waals surface area (Å²) in [5.41, 5.74) is 2.43. The second kappa shape index (κ2) is 6.78. The van der Waals surface area contributed by atoms with Crippen LogP contribution < -0.4 is 0 Å². The van der Waals surface area contributed by atoms with Crippen molar-refractivity contribution >= 4 is 5.97 Å². The van der Waals surface area contributed by atoms with Crippen molar-refractivity contribution in [2.24, 2.45) is 11.8 Å². The number of carboxylic acids is 1. The molecule has 1 fully saturated rings. The van der Waals surface area contributed by atoms with Crippen LogP contribution in [-0.4, -0.2) is 11.1 Å². The maximum Gasteiger partial charge on any atom is 0.306 e. The van der Waals surface area contributed by atoms with E-state index in [1.165, 1.54) is 17.0 Å². The number of rotatable bonds is 4. The summed E-state index contributed by atoms with van der Waals surface area (Å²) in [5, 5.41) is 9.37. The summed E-state index contributed by atoms with van der Waals surface area (Å²) in [6, 6.07) is 20.8. The first-order chi connectivity index (χ1) is 10.8. The van der Waals surface area contributed by atoms with Gasteiger partial charge in [-0.1, -0.05) is 67.1 Å². The molecule has 0 aromatic heterocycles. The van der Waals surface area contributed by atoms with Gasteiger partial charge in [0.05, 0.1) is 5.92 Å². The maximum absolute atomic E-state index is 11.4. The molecule has 1 radical (unpaired) electrons. The average molecular weight is 293 g/mol. The van der Waals surface area contributed by atoms with Gasteiger partial charge in [0.25, 0.3) is 0 Å². The highest BCUT2D eigenvalue weighted by Gasteiger charge is 2.33. The molecule has 1 aliphatic carbocycles. The molecule has 22 heavy (non-hydrogen) atoms. The highest BCUT2D eigenvalue weighted by molar-refractivity contribution is 5.70. The Kier molecular flexibility index (Phi) is 4.57. The lowest BCUT2D eigenvalue weighted by atomic mass is 9.70. The molecule has 0 heterocycles. The first-order valence-electron chi connectivity index (χ1n) is 7.96. The molecule has 0 saturated heterocycles. The molecule has 1 N–H and O–H groups in total. The van der Waals surface area contributed by atoms with Crippen molar-refractivity contribution < 1.29 is 9.90 Å². The first kappa shape index (κ1) is 14.8. The van der Waals surface area contributed by atoms with E-state index in [1.54, 1.807) is 0 Å². The molecule has 2 aromatic carbocycles. The van der Waals surface area contributed by atoms with Gasteiger partial charge >= 0.3 is 5.97 Å². The van der Waals surface area contributed by atoms with E-state index in [0.29, 0.717) is 5.92 Å². The smallest absolute Gasteiger partial charge is 0.306 e. The third kappa shape index (κ3) is 3.22. The van der Waals surface area contributed by atoms with Gasteiger partial charge in [-0.3, -0.25) is 4.79 Å². The highest BCUT2D eigenvalue weighted by atomic mass is 16.4.